The minimum Gasteiger partial charge on any atom is -0.375 e. The Labute approximate surface area is 174 Å². The van der Waals surface area contributed by atoms with Crippen LogP contribution in [0.1, 0.15) is 107 Å². The highest BCUT2D eigenvalue weighted by atomic mass is 16.5. The molecule has 0 saturated carbocycles. The third-order valence-corrected chi connectivity index (χ3v) is 6.62. The first-order valence-corrected chi connectivity index (χ1v) is 11.3. The molecule has 164 valence electrons. The highest BCUT2D eigenvalue weighted by molar-refractivity contribution is 4.97. The number of nitrogens with zero attached hydrogens (tertiary/aromatic N) is 3. The molecule has 4 nitrogen and oxygen atoms in total. The normalized spacial score (nSPS) is 14.7. The van der Waals surface area contributed by atoms with Crippen molar-refractivity contribution in [3.63, 3.8) is 0 Å². The fourth-order valence-corrected chi connectivity index (χ4v) is 3.42. The molecule has 0 saturated heterocycles. The van der Waals surface area contributed by atoms with Gasteiger partial charge in [-0.05, 0) is 77.0 Å². The third-order valence-electron chi connectivity index (χ3n) is 6.62. The Morgan fingerprint density at radius 1 is 1.00 bits per heavy atom. The largest absolute Gasteiger partial charge is 0.375 e. The van der Waals surface area contributed by atoms with Gasteiger partial charge in [-0.3, -0.25) is 0 Å². The Hall–Kier alpha value is -0.900. The quantitative estimate of drug-likeness (QED) is 0.377. The highest BCUT2D eigenvalue weighted by Gasteiger charge is 2.26. The molecule has 1 rings (SSSR count). The van der Waals surface area contributed by atoms with Gasteiger partial charge in [0.05, 0.1) is 16.8 Å². The summed E-state index contributed by atoms with van der Waals surface area (Å²) in [5.41, 5.74) is 1.38. The maximum atomic E-state index is 6.12. The van der Waals surface area contributed by atoms with E-state index in [-0.39, 0.29) is 11.1 Å². The molecule has 0 N–H and O–H groups in total. The van der Waals surface area contributed by atoms with Crippen molar-refractivity contribution < 1.29 is 4.74 Å². The van der Waals surface area contributed by atoms with Gasteiger partial charge in [-0.15, -0.1) is 5.10 Å². The van der Waals surface area contributed by atoms with Crippen LogP contribution in [0.2, 0.25) is 0 Å². The van der Waals surface area contributed by atoms with Gasteiger partial charge in [-0.2, -0.15) is 0 Å². The molecule has 0 bridgehead atoms. The fraction of sp³-hybridized carbons (Fsp3) is 0.917. The van der Waals surface area contributed by atoms with Crippen LogP contribution in [0.4, 0.5) is 0 Å². The third kappa shape index (κ3) is 8.23. The Morgan fingerprint density at radius 2 is 1.64 bits per heavy atom. The van der Waals surface area contributed by atoms with Gasteiger partial charge in [0.1, 0.15) is 0 Å². The van der Waals surface area contributed by atoms with Crippen LogP contribution in [0.15, 0.2) is 6.20 Å². The van der Waals surface area contributed by atoms with E-state index in [1.165, 1.54) is 12.8 Å². The molecular formula is C24H47N3O. The summed E-state index contributed by atoms with van der Waals surface area (Å²) in [7, 11) is 0. The molecule has 1 unspecified atom stereocenters. The zero-order valence-corrected chi connectivity index (χ0v) is 20.4. The van der Waals surface area contributed by atoms with Crippen LogP contribution < -0.4 is 0 Å². The summed E-state index contributed by atoms with van der Waals surface area (Å²) in [4.78, 5) is 0. The van der Waals surface area contributed by atoms with Crippen molar-refractivity contribution in [3.05, 3.63) is 11.9 Å². The lowest BCUT2D eigenvalue weighted by Crippen LogP contribution is -2.32. The van der Waals surface area contributed by atoms with E-state index in [0.717, 1.165) is 38.0 Å². The molecule has 0 aliphatic carbocycles. The van der Waals surface area contributed by atoms with Crippen LogP contribution in [0.5, 0.6) is 0 Å². The molecule has 0 aliphatic rings. The van der Waals surface area contributed by atoms with Gasteiger partial charge in [0.15, 0.2) is 0 Å². The first-order chi connectivity index (χ1) is 12.8. The van der Waals surface area contributed by atoms with Gasteiger partial charge in [-0.1, -0.05) is 53.2 Å². The van der Waals surface area contributed by atoms with Crippen molar-refractivity contribution in [1.82, 2.24) is 15.0 Å². The first kappa shape index (κ1) is 25.1. The maximum Gasteiger partial charge on any atom is 0.0830 e. The van der Waals surface area contributed by atoms with Crippen molar-refractivity contribution in [2.45, 2.75) is 119 Å². The summed E-state index contributed by atoms with van der Waals surface area (Å²) in [6.07, 6.45) is 8.81. The number of hydrogen-bond acceptors (Lipinski definition) is 3. The number of rotatable bonds is 13. The Morgan fingerprint density at radius 3 is 2.21 bits per heavy atom. The van der Waals surface area contributed by atoms with Gasteiger partial charge in [0.25, 0.3) is 0 Å². The highest BCUT2D eigenvalue weighted by Crippen LogP contribution is 2.33. The second-order valence-electron chi connectivity index (χ2n) is 11.1. The van der Waals surface area contributed by atoms with E-state index < -0.39 is 0 Å². The second kappa shape index (κ2) is 10.2. The second-order valence-corrected chi connectivity index (χ2v) is 11.1. The zero-order chi connectivity index (χ0) is 21.6. The lowest BCUT2D eigenvalue weighted by atomic mass is 9.76. The van der Waals surface area contributed by atoms with Gasteiger partial charge >= 0.3 is 0 Å². The minimum absolute atomic E-state index is 0.0441. The van der Waals surface area contributed by atoms with Gasteiger partial charge in [0.2, 0.25) is 0 Å². The maximum absolute atomic E-state index is 6.12. The number of hydrogen-bond donors (Lipinski definition) is 0. The lowest BCUT2D eigenvalue weighted by molar-refractivity contribution is -0.0344. The van der Waals surface area contributed by atoms with Crippen LogP contribution in [-0.4, -0.2) is 27.2 Å². The average Bonchev–Trinajstić information content (AvgIpc) is 3.01. The van der Waals surface area contributed by atoms with E-state index in [1.807, 2.05) is 4.68 Å². The summed E-state index contributed by atoms with van der Waals surface area (Å²) < 4.78 is 8.15. The molecule has 0 amide bonds. The van der Waals surface area contributed by atoms with Gasteiger partial charge < -0.3 is 4.74 Å². The van der Waals surface area contributed by atoms with Crippen molar-refractivity contribution in [1.29, 1.82) is 0 Å². The predicted octanol–water partition coefficient (Wildman–Crippen LogP) is 6.64. The molecule has 28 heavy (non-hydrogen) atoms. The van der Waals surface area contributed by atoms with E-state index >= 15 is 0 Å². The first-order valence-electron chi connectivity index (χ1n) is 11.3. The molecule has 0 aliphatic heterocycles. The molecular weight excluding hydrogens is 346 g/mol. The predicted molar refractivity (Wildman–Crippen MR) is 120 cm³/mol. The van der Waals surface area contributed by atoms with Crippen molar-refractivity contribution in [2.24, 2.45) is 17.3 Å². The number of aromatic nitrogens is 3. The smallest absolute Gasteiger partial charge is 0.0830 e. The van der Waals surface area contributed by atoms with Crippen LogP contribution in [-0.2, 0) is 16.7 Å². The number of ether oxygens (including phenoxy) is 1. The Kier molecular flexibility index (Phi) is 9.18. The molecule has 4 heteroatoms. The van der Waals surface area contributed by atoms with Crippen LogP contribution >= 0.6 is 0 Å². The monoisotopic (exact) mass is 393 g/mol. The standard InChI is InChI=1S/C24H47N3O/c1-11-13-24(9,10)28-16-15-23(7,8)27-18-21(25-26-27)17-20(4)12-14-22(5,6)19(2)3/h18-20H,11-17H2,1-10H3. The molecule has 1 atom stereocenters. The van der Waals surface area contributed by atoms with Gasteiger partial charge in [-0.25, -0.2) is 4.68 Å². The Balaban J connectivity index is 2.55. The average molecular weight is 394 g/mol. The van der Waals surface area contributed by atoms with E-state index in [0.29, 0.717) is 17.3 Å². The molecule has 0 radical (unpaired) electrons. The summed E-state index contributed by atoms with van der Waals surface area (Å²) in [5.74, 6) is 1.34. The lowest BCUT2D eigenvalue weighted by Gasteiger charge is -2.30. The van der Waals surface area contributed by atoms with Crippen LogP contribution in [0.3, 0.4) is 0 Å². The van der Waals surface area contributed by atoms with Crippen LogP contribution in [0.25, 0.3) is 0 Å². The summed E-state index contributed by atoms with van der Waals surface area (Å²) in [6.45, 7) is 23.5. The van der Waals surface area contributed by atoms with E-state index in [1.54, 1.807) is 0 Å². The van der Waals surface area contributed by atoms with Crippen molar-refractivity contribution in [3.8, 4) is 0 Å². The van der Waals surface area contributed by atoms with Crippen molar-refractivity contribution in [2.75, 3.05) is 6.61 Å². The topological polar surface area (TPSA) is 39.9 Å². The molecule has 0 aromatic carbocycles. The molecule has 0 spiro atoms. The van der Waals surface area contributed by atoms with Crippen LogP contribution in [0, 0.1) is 17.3 Å². The van der Waals surface area contributed by atoms with E-state index in [2.05, 4.69) is 85.7 Å². The zero-order valence-electron chi connectivity index (χ0n) is 20.4. The molecule has 0 fully saturated rings. The Bertz CT molecular complexity index is 572. The summed E-state index contributed by atoms with van der Waals surface area (Å²) in [6, 6.07) is 0. The SMILES string of the molecule is CCCC(C)(C)OCCC(C)(C)n1cc(CC(C)CCC(C)(C)C(C)C)nn1. The minimum atomic E-state index is -0.0869. The molecule has 1 heterocycles. The summed E-state index contributed by atoms with van der Waals surface area (Å²) >= 11 is 0. The molecule has 1 aromatic rings. The van der Waals surface area contributed by atoms with Gasteiger partial charge in [0, 0.05) is 12.8 Å². The van der Waals surface area contributed by atoms with E-state index in [4.69, 9.17) is 4.74 Å². The summed E-state index contributed by atoms with van der Waals surface area (Å²) in [5, 5.41) is 8.90. The molecule has 1 aromatic heterocycles. The van der Waals surface area contributed by atoms with Crippen molar-refractivity contribution >= 4 is 0 Å². The fourth-order valence-electron chi connectivity index (χ4n) is 3.42. The van der Waals surface area contributed by atoms with E-state index in [9.17, 15) is 0 Å².